The molecule has 0 heterocycles. The molecule has 0 amide bonds. The number of alkyl halides is 3. The van der Waals surface area contributed by atoms with Crippen LogP contribution in [0.4, 0.5) is 13.2 Å². The van der Waals surface area contributed by atoms with Crippen molar-refractivity contribution in [3.63, 3.8) is 0 Å². The van der Waals surface area contributed by atoms with Gasteiger partial charge in [-0.3, -0.25) is 0 Å². The molecule has 3 heteroatoms. The van der Waals surface area contributed by atoms with Crippen molar-refractivity contribution in [2.24, 2.45) is 0 Å². The Kier molecular flexibility index (Phi) is 2.64. The SMILES string of the molecule is CCc1ccc(C)c(C(F)(F)F)c1. The van der Waals surface area contributed by atoms with Gasteiger partial charge in [-0.2, -0.15) is 13.2 Å². The highest BCUT2D eigenvalue weighted by Gasteiger charge is 2.32. The van der Waals surface area contributed by atoms with E-state index in [2.05, 4.69) is 0 Å². The second-order valence-corrected chi connectivity index (χ2v) is 3.00. The molecule has 1 aromatic rings. The lowest BCUT2D eigenvalue weighted by Gasteiger charge is -2.11. The normalized spacial score (nSPS) is 11.8. The summed E-state index contributed by atoms with van der Waals surface area (Å²) in [7, 11) is 0. The van der Waals surface area contributed by atoms with Crippen LogP contribution in [0.2, 0.25) is 0 Å². The molecule has 0 radical (unpaired) electrons. The lowest BCUT2D eigenvalue weighted by atomic mass is 10.0. The Morgan fingerprint density at radius 1 is 1.23 bits per heavy atom. The standard InChI is InChI=1S/C10H11F3/c1-3-8-5-4-7(2)9(6-8)10(11,12)13/h4-6H,3H2,1-2H3. The molecule has 0 saturated heterocycles. The van der Waals surface area contributed by atoms with Crippen LogP contribution in [0.25, 0.3) is 0 Å². The Hall–Kier alpha value is -0.990. The summed E-state index contributed by atoms with van der Waals surface area (Å²) in [5.41, 5.74) is 0.481. The van der Waals surface area contributed by atoms with Crippen LogP contribution >= 0.6 is 0 Å². The predicted molar refractivity (Wildman–Crippen MR) is 45.6 cm³/mol. The van der Waals surface area contributed by atoms with Gasteiger partial charge in [-0.05, 0) is 30.5 Å². The van der Waals surface area contributed by atoms with Crippen LogP contribution in [0.5, 0.6) is 0 Å². The van der Waals surface area contributed by atoms with Crippen molar-refractivity contribution in [1.29, 1.82) is 0 Å². The van der Waals surface area contributed by atoms with E-state index < -0.39 is 11.7 Å². The Morgan fingerprint density at radius 2 is 1.85 bits per heavy atom. The summed E-state index contributed by atoms with van der Waals surface area (Å²) in [6.07, 6.45) is -3.60. The molecule has 0 fully saturated rings. The largest absolute Gasteiger partial charge is 0.416 e. The molecule has 0 aliphatic rings. The summed E-state index contributed by atoms with van der Waals surface area (Å²) in [6.45, 7) is 3.31. The van der Waals surface area contributed by atoms with Crippen LogP contribution in [-0.2, 0) is 12.6 Å². The van der Waals surface area contributed by atoms with Crippen molar-refractivity contribution < 1.29 is 13.2 Å². The van der Waals surface area contributed by atoms with Gasteiger partial charge in [-0.25, -0.2) is 0 Å². The fraction of sp³-hybridized carbons (Fsp3) is 0.400. The Bertz CT molecular complexity index is 300. The second kappa shape index (κ2) is 3.40. The molecular formula is C10H11F3. The van der Waals surface area contributed by atoms with Crippen molar-refractivity contribution in [3.05, 3.63) is 34.9 Å². The monoisotopic (exact) mass is 188 g/mol. The average molecular weight is 188 g/mol. The maximum absolute atomic E-state index is 12.4. The summed E-state index contributed by atoms with van der Waals surface area (Å²) in [4.78, 5) is 0. The summed E-state index contributed by atoms with van der Waals surface area (Å²) in [5, 5.41) is 0. The Balaban J connectivity index is 3.19. The van der Waals surface area contributed by atoms with Crippen LogP contribution in [0.1, 0.15) is 23.6 Å². The van der Waals surface area contributed by atoms with E-state index in [9.17, 15) is 13.2 Å². The third kappa shape index (κ3) is 2.23. The fourth-order valence-electron chi connectivity index (χ4n) is 1.19. The number of halogens is 3. The van der Waals surface area contributed by atoms with Crippen LogP contribution in [0, 0.1) is 6.92 Å². The van der Waals surface area contributed by atoms with Crippen molar-refractivity contribution >= 4 is 0 Å². The summed E-state index contributed by atoms with van der Waals surface area (Å²) >= 11 is 0. The van der Waals surface area contributed by atoms with Gasteiger partial charge in [0, 0.05) is 0 Å². The third-order valence-corrected chi connectivity index (χ3v) is 2.02. The zero-order chi connectivity index (χ0) is 10.1. The minimum absolute atomic E-state index is 0.282. The van der Waals surface area contributed by atoms with E-state index in [0.717, 1.165) is 5.56 Å². The van der Waals surface area contributed by atoms with E-state index >= 15 is 0 Å². The van der Waals surface area contributed by atoms with Gasteiger partial charge in [-0.15, -0.1) is 0 Å². The van der Waals surface area contributed by atoms with Crippen LogP contribution in [-0.4, -0.2) is 0 Å². The molecule has 0 nitrogen and oxygen atoms in total. The number of hydrogen-bond acceptors (Lipinski definition) is 0. The average Bonchev–Trinajstić information content (AvgIpc) is 2.03. The summed E-state index contributed by atoms with van der Waals surface area (Å²) < 4.78 is 37.1. The first-order valence-corrected chi connectivity index (χ1v) is 4.12. The van der Waals surface area contributed by atoms with E-state index in [1.807, 2.05) is 6.92 Å². The zero-order valence-corrected chi connectivity index (χ0v) is 7.57. The first-order valence-electron chi connectivity index (χ1n) is 4.12. The van der Waals surface area contributed by atoms with E-state index in [1.54, 1.807) is 6.07 Å². The highest BCUT2D eigenvalue weighted by Crippen LogP contribution is 2.32. The van der Waals surface area contributed by atoms with Gasteiger partial charge in [0.2, 0.25) is 0 Å². The summed E-state index contributed by atoms with van der Waals surface area (Å²) in [5.74, 6) is 0. The van der Waals surface area contributed by atoms with E-state index in [1.165, 1.54) is 19.1 Å². The van der Waals surface area contributed by atoms with Gasteiger partial charge in [0.1, 0.15) is 0 Å². The van der Waals surface area contributed by atoms with Gasteiger partial charge in [0.15, 0.2) is 0 Å². The molecule has 1 aromatic carbocycles. The molecule has 0 N–H and O–H groups in total. The number of benzene rings is 1. The van der Waals surface area contributed by atoms with E-state index in [-0.39, 0.29) is 5.56 Å². The second-order valence-electron chi connectivity index (χ2n) is 3.00. The van der Waals surface area contributed by atoms with Crippen LogP contribution in [0.3, 0.4) is 0 Å². The lowest BCUT2D eigenvalue weighted by Crippen LogP contribution is -2.07. The fourth-order valence-corrected chi connectivity index (χ4v) is 1.19. The number of aryl methyl sites for hydroxylation is 2. The minimum atomic E-state index is -4.23. The third-order valence-electron chi connectivity index (χ3n) is 2.02. The molecule has 0 aromatic heterocycles. The molecule has 0 atom stereocenters. The molecule has 72 valence electrons. The highest BCUT2D eigenvalue weighted by atomic mass is 19.4. The Labute approximate surface area is 75.4 Å². The van der Waals surface area contributed by atoms with Gasteiger partial charge < -0.3 is 0 Å². The summed E-state index contributed by atoms with van der Waals surface area (Å²) in [6, 6.07) is 4.46. The number of hydrogen-bond donors (Lipinski definition) is 0. The lowest BCUT2D eigenvalue weighted by molar-refractivity contribution is -0.138. The van der Waals surface area contributed by atoms with Gasteiger partial charge in [0.05, 0.1) is 5.56 Å². The first-order chi connectivity index (χ1) is 5.95. The van der Waals surface area contributed by atoms with Crippen LogP contribution in [0.15, 0.2) is 18.2 Å². The quantitative estimate of drug-likeness (QED) is 0.632. The molecule has 13 heavy (non-hydrogen) atoms. The van der Waals surface area contributed by atoms with E-state index in [0.29, 0.717) is 6.42 Å². The molecule has 0 spiro atoms. The molecule has 1 rings (SSSR count). The van der Waals surface area contributed by atoms with Gasteiger partial charge in [-0.1, -0.05) is 19.1 Å². The topological polar surface area (TPSA) is 0 Å². The minimum Gasteiger partial charge on any atom is -0.166 e. The zero-order valence-electron chi connectivity index (χ0n) is 7.57. The first kappa shape index (κ1) is 10.1. The molecular weight excluding hydrogens is 177 g/mol. The van der Waals surface area contributed by atoms with Gasteiger partial charge >= 0.3 is 6.18 Å². The van der Waals surface area contributed by atoms with Crippen molar-refractivity contribution in [3.8, 4) is 0 Å². The molecule has 0 bridgehead atoms. The van der Waals surface area contributed by atoms with Crippen molar-refractivity contribution in [1.82, 2.24) is 0 Å². The van der Waals surface area contributed by atoms with E-state index in [4.69, 9.17) is 0 Å². The van der Waals surface area contributed by atoms with Crippen LogP contribution < -0.4 is 0 Å². The van der Waals surface area contributed by atoms with Gasteiger partial charge in [0.25, 0.3) is 0 Å². The predicted octanol–water partition coefficient (Wildman–Crippen LogP) is 3.58. The Morgan fingerprint density at radius 3 is 2.31 bits per heavy atom. The molecule has 0 saturated carbocycles. The number of rotatable bonds is 1. The highest BCUT2D eigenvalue weighted by molar-refractivity contribution is 5.33. The maximum Gasteiger partial charge on any atom is 0.416 e. The van der Waals surface area contributed by atoms with Crippen molar-refractivity contribution in [2.75, 3.05) is 0 Å². The molecule has 0 unspecified atom stereocenters. The molecule has 0 aliphatic carbocycles. The van der Waals surface area contributed by atoms with Crippen molar-refractivity contribution in [2.45, 2.75) is 26.4 Å². The molecule has 0 aliphatic heterocycles. The smallest absolute Gasteiger partial charge is 0.166 e. The maximum atomic E-state index is 12.4.